The number of hydrogen-bond acceptors (Lipinski definition) is 4. The monoisotopic (exact) mass is 244 g/mol. The summed E-state index contributed by atoms with van der Waals surface area (Å²) in [5.41, 5.74) is 5.59. The van der Waals surface area contributed by atoms with Crippen LogP contribution in [-0.4, -0.2) is 44.0 Å². The van der Waals surface area contributed by atoms with Gasteiger partial charge in [-0.3, -0.25) is 9.59 Å². The van der Waals surface area contributed by atoms with Crippen molar-refractivity contribution in [3.05, 3.63) is 0 Å². The highest BCUT2D eigenvalue weighted by Crippen LogP contribution is 2.14. The molecule has 0 heterocycles. The Kier molecular flexibility index (Phi) is 7.54. The van der Waals surface area contributed by atoms with E-state index in [1.807, 2.05) is 0 Å². The molecule has 0 radical (unpaired) electrons. The lowest BCUT2D eigenvalue weighted by Crippen LogP contribution is -2.28. The Labute approximate surface area is 103 Å². The summed E-state index contributed by atoms with van der Waals surface area (Å²) in [4.78, 5) is 24.1. The smallest absolute Gasteiger partial charge is 0.306 e. The van der Waals surface area contributed by atoms with E-state index in [9.17, 15) is 9.59 Å². The SMILES string of the molecule is CC(C)C[C@H](CN)CC(=O)OCC(=O)N(C)C. The molecule has 5 nitrogen and oxygen atoms in total. The summed E-state index contributed by atoms with van der Waals surface area (Å²) in [6.07, 6.45) is 1.18. The molecule has 0 fully saturated rings. The first-order valence-corrected chi connectivity index (χ1v) is 5.92. The molecular formula is C12H24N2O3. The molecule has 0 saturated heterocycles. The molecule has 0 aromatic carbocycles. The number of nitrogens with zero attached hydrogens (tertiary/aromatic N) is 1. The van der Waals surface area contributed by atoms with Gasteiger partial charge in [-0.1, -0.05) is 13.8 Å². The van der Waals surface area contributed by atoms with E-state index in [0.717, 1.165) is 6.42 Å². The summed E-state index contributed by atoms with van der Waals surface area (Å²) in [5, 5.41) is 0. The molecule has 2 N–H and O–H groups in total. The average Bonchev–Trinajstić information content (AvgIpc) is 2.23. The van der Waals surface area contributed by atoms with Crippen LogP contribution in [0.25, 0.3) is 0 Å². The zero-order chi connectivity index (χ0) is 13.4. The summed E-state index contributed by atoms with van der Waals surface area (Å²) < 4.78 is 4.89. The number of ether oxygens (including phenoxy) is 1. The lowest BCUT2D eigenvalue weighted by Gasteiger charge is -2.16. The highest BCUT2D eigenvalue weighted by atomic mass is 16.5. The first-order chi connectivity index (χ1) is 7.86. The number of rotatable bonds is 7. The van der Waals surface area contributed by atoms with Gasteiger partial charge in [0.05, 0.1) is 0 Å². The molecule has 0 saturated carbocycles. The van der Waals surface area contributed by atoms with Gasteiger partial charge in [0.2, 0.25) is 0 Å². The van der Waals surface area contributed by atoms with Gasteiger partial charge in [0.25, 0.3) is 5.91 Å². The van der Waals surface area contributed by atoms with Gasteiger partial charge in [0.1, 0.15) is 0 Å². The number of nitrogens with two attached hydrogens (primary N) is 1. The van der Waals surface area contributed by atoms with E-state index in [1.165, 1.54) is 4.90 Å². The standard InChI is InChI=1S/C12H24N2O3/c1-9(2)5-10(7-13)6-12(16)17-8-11(15)14(3)4/h9-10H,5-8,13H2,1-4H3/t10-/m0/s1. The average molecular weight is 244 g/mol. The number of carbonyl (C=O) groups is 2. The van der Waals surface area contributed by atoms with E-state index in [-0.39, 0.29) is 30.8 Å². The van der Waals surface area contributed by atoms with E-state index in [1.54, 1.807) is 14.1 Å². The van der Waals surface area contributed by atoms with Crippen LogP contribution in [0.4, 0.5) is 0 Å². The Morgan fingerprint density at radius 3 is 2.29 bits per heavy atom. The topological polar surface area (TPSA) is 72.6 Å². The highest BCUT2D eigenvalue weighted by Gasteiger charge is 2.16. The molecule has 0 unspecified atom stereocenters. The second-order valence-electron chi connectivity index (χ2n) is 4.88. The number of hydrogen-bond donors (Lipinski definition) is 1. The number of amides is 1. The van der Waals surface area contributed by atoms with E-state index < -0.39 is 0 Å². The van der Waals surface area contributed by atoms with Gasteiger partial charge in [-0.15, -0.1) is 0 Å². The van der Waals surface area contributed by atoms with E-state index in [2.05, 4.69) is 13.8 Å². The van der Waals surface area contributed by atoms with E-state index in [0.29, 0.717) is 12.5 Å². The Morgan fingerprint density at radius 2 is 1.88 bits per heavy atom. The molecule has 1 amide bonds. The predicted molar refractivity (Wildman–Crippen MR) is 66.3 cm³/mol. The second kappa shape index (κ2) is 8.06. The van der Waals surface area contributed by atoms with Crippen LogP contribution >= 0.6 is 0 Å². The largest absolute Gasteiger partial charge is 0.456 e. The van der Waals surface area contributed by atoms with Crippen molar-refractivity contribution in [2.45, 2.75) is 26.7 Å². The minimum absolute atomic E-state index is 0.136. The lowest BCUT2D eigenvalue weighted by atomic mass is 9.94. The normalized spacial score (nSPS) is 12.4. The fourth-order valence-electron chi connectivity index (χ4n) is 1.50. The first kappa shape index (κ1) is 15.9. The van der Waals surface area contributed by atoms with Crippen LogP contribution in [-0.2, 0) is 14.3 Å². The van der Waals surface area contributed by atoms with Crippen molar-refractivity contribution in [3.63, 3.8) is 0 Å². The Hall–Kier alpha value is -1.10. The molecule has 100 valence electrons. The molecule has 1 atom stereocenters. The van der Waals surface area contributed by atoms with Gasteiger partial charge < -0.3 is 15.4 Å². The van der Waals surface area contributed by atoms with Gasteiger partial charge in [-0.25, -0.2) is 0 Å². The van der Waals surface area contributed by atoms with Crippen LogP contribution in [0.3, 0.4) is 0 Å². The maximum atomic E-state index is 11.5. The third-order valence-electron chi connectivity index (χ3n) is 2.45. The molecule has 0 bridgehead atoms. The van der Waals surface area contributed by atoms with Gasteiger partial charge >= 0.3 is 5.97 Å². The van der Waals surface area contributed by atoms with Crippen LogP contribution in [0.5, 0.6) is 0 Å². The Morgan fingerprint density at radius 1 is 1.29 bits per heavy atom. The van der Waals surface area contributed by atoms with Gasteiger partial charge in [0.15, 0.2) is 6.61 Å². The van der Waals surface area contributed by atoms with Crippen molar-refractivity contribution in [1.29, 1.82) is 0 Å². The van der Waals surface area contributed by atoms with Crippen molar-refractivity contribution >= 4 is 11.9 Å². The molecule has 0 rings (SSSR count). The van der Waals surface area contributed by atoms with Crippen LogP contribution in [0.15, 0.2) is 0 Å². The van der Waals surface area contributed by atoms with Crippen molar-refractivity contribution in [2.75, 3.05) is 27.2 Å². The van der Waals surface area contributed by atoms with Gasteiger partial charge in [0, 0.05) is 20.5 Å². The van der Waals surface area contributed by atoms with Crippen molar-refractivity contribution in [2.24, 2.45) is 17.6 Å². The molecule has 5 heteroatoms. The van der Waals surface area contributed by atoms with E-state index in [4.69, 9.17) is 10.5 Å². The van der Waals surface area contributed by atoms with Gasteiger partial charge in [-0.05, 0) is 24.8 Å². The predicted octanol–water partition coefficient (Wildman–Crippen LogP) is 0.629. The molecule has 17 heavy (non-hydrogen) atoms. The number of likely N-dealkylation sites (N-methyl/N-ethyl adjacent to an activating group) is 1. The second-order valence-corrected chi connectivity index (χ2v) is 4.88. The number of carbonyl (C=O) groups excluding carboxylic acids is 2. The van der Waals surface area contributed by atoms with Crippen LogP contribution < -0.4 is 5.73 Å². The molecular weight excluding hydrogens is 220 g/mol. The van der Waals surface area contributed by atoms with Crippen LogP contribution in [0.2, 0.25) is 0 Å². The summed E-state index contributed by atoms with van der Waals surface area (Å²) >= 11 is 0. The third kappa shape index (κ3) is 7.74. The van der Waals surface area contributed by atoms with Crippen molar-refractivity contribution in [3.8, 4) is 0 Å². The summed E-state index contributed by atoms with van der Waals surface area (Å²) in [7, 11) is 3.25. The number of esters is 1. The minimum Gasteiger partial charge on any atom is -0.456 e. The van der Waals surface area contributed by atoms with E-state index >= 15 is 0 Å². The zero-order valence-corrected chi connectivity index (χ0v) is 11.2. The molecule has 0 aromatic rings. The molecule has 0 aliphatic rings. The quantitative estimate of drug-likeness (QED) is 0.667. The maximum absolute atomic E-state index is 11.5. The Bertz CT molecular complexity index is 252. The molecule has 0 aromatic heterocycles. The van der Waals surface area contributed by atoms with Crippen molar-refractivity contribution in [1.82, 2.24) is 4.90 Å². The highest BCUT2D eigenvalue weighted by molar-refractivity contribution is 5.80. The summed E-state index contributed by atoms with van der Waals surface area (Å²) in [6.45, 7) is 4.45. The minimum atomic E-state index is -0.351. The fraction of sp³-hybridized carbons (Fsp3) is 0.833. The summed E-state index contributed by atoms with van der Waals surface area (Å²) in [6, 6.07) is 0. The molecule has 0 spiro atoms. The van der Waals surface area contributed by atoms with Crippen molar-refractivity contribution < 1.29 is 14.3 Å². The van der Waals surface area contributed by atoms with Gasteiger partial charge in [-0.2, -0.15) is 0 Å². The van der Waals surface area contributed by atoms with Crippen LogP contribution in [0, 0.1) is 11.8 Å². The first-order valence-electron chi connectivity index (χ1n) is 5.92. The fourth-order valence-corrected chi connectivity index (χ4v) is 1.50. The Balaban J connectivity index is 3.95. The molecule has 0 aliphatic heterocycles. The third-order valence-corrected chi connectivity index (χ3v) is 2.45. The van der Waals surface area contributed by atoms with Crippen LogP contribution in [0.1, 0.15) is 26.7 Å². The summed E-state index contributed by atoms with van der Waals surface area (Å²) in [5.74, 6) is 0.0690. The lowest BCUT2D eigenvalue weighted by molar-refractivity contribution is -0.151. The zero-order valence-electron chi connectivity index (χ0n) is 11.2. The maximum Gasteiger partial charge on any atom is 0.306 e. The molecule has 0 aliphatic carbocycles.